The molecule has 0 bridgehead atoms. The lowest BCUT2D eigenvalue weighted by Crippen LogP contribution is -2.18. The highest BCUT2D eigenvalue weighted by molar-refractivity contribution is 7.92. The van der Waals surface area contributed by atoms with Gasteiger partial charge in [0.25, 0.3) is 0 Å². The minimum Gasteiger partial charge on any atom is -0.481 e. The Morgan fingerprint density at radius 1 is 1.14 bits per heavy atom. The number of fused-ring (bicyclic) bond motifs is 3. The van der Waals surface area contributed by atoms with Gasteiger partial charge in [-0.25, -0.2) is 8.42 Å². The van der Waals surface area contributed by atoms with Crippen LogP contribution in [0, 0.1) is 5.92 Å². The van der Waals surface area contributed by atoms with Gasteiger partial charge in [0.2, 0.25) is 10.0 Å². The third-order valence-corrected chi connectivity index (χ3v) is 6.54. The quantitative estimate of drug-likeness (QED) is 0.391. The van der Waals surface area contributed by atoms with Crippen LogP contribution in [-0.2, 0) is 21.2 Å². The number of halogens is 2. The van der Waals surface area contributed by atoms with E-state index in [9.17, 15) is 27.1 Å². The average molecular weight is 518 g/mol. The molecule has 0 aliphatic carbocycles. The summed E-state index contributed by atoms with van der Waals surface area (Å²) in [4.78, 5) is 11.5. The molecule has 2 atom stereocenters. The summed E-state index contributed by atoms with van der Waals surface area (Å²) in [7, 11) is -3.57. The number of carboxylic acid groups (broad SMARTS) is 1. The minimum absolute atomic E-state index is 0.0629. The Morgan fingerprint density at radius 2 is 1.89 bits per heavy atom. The summed E-state index contributed by atoms with van der Waals surface area (Å²) in [5.41, 5.74) is 3.23. The maximum absolute atomic E-state index is 13.1. The smallest absolute Gasteiger partial charge is 0.387 e. The van der Waals surface area contributed by atoms with Crippen molar-refractivity contribution >= 4 is 21.7 Å². The van der Waals surface area contributed by atoms with E-state index < -0.39 is 34.6 Å². The van der Waals surface area contributed by atoms with Crippen LogP contribution in [0.5, 0.6) is 11.5 Å². The number of benzene rings is 3. The van der Waals surface area contributed by atoms with Gasteiger partial charge >= 0.3 is 12.6 Å². The van der Waals surface area contributed by atoms with Crippen molar-refractivity contribution in [1.82, 2.24) is 0 Å². The highest BCUT2D eigenvalue weighted by Gasteiger charge is 2.31. The number of sulfonamides is 1. The van der Waals surface area contributed by atoms with Crippen molar-refractivity contribution in [3.63, 3.8) is 0 Å². The van der Waals surface area contributed by atoms with Gasteiger partial charge in [-0.15, -0.1) is 0 Å². The number of carboxylic acids is 1. The molecule has 2 N–H and O–H groups in total. The van der Waals surface area contributed by atoms with Crippen LogP contribution < -0.4 is 14.2 Å². The highest BCUT2D eigenvalue weighted by atomic mass is 32.2. The van der Waals surface area contributed by atoms with E-state index in [0.29, 0.717) is 40.8 Å². The second kappa shape index (κ2) is 10.1. The van der Waals surface area contributed by atoms with Crippen LogP contribution in [0.15, 0.2) is 60.7 Å². The van der Waals surface area contributed by atoms with E-state index in [-0.39, 0.29) is 11.4 Å². The molecule has 1 aliphatic heterocycles. The van der Waals surface area contributed by atoms with Gasteiger partial charge in [0.1, 0.15) is 17.6 Å². The number of hydrogen-bond donors (Lipinski definition) is 2. The lowest BCUT2D eigenvalue weighted by atomic mass is 9.87. The van der Waals surface area contributed by atoms with Gasteiger partial charge < -0.3 is 14.6 Å². The molecule has 0 aromatic heterocycles. The maximum Gasteiger partial charge on any atom is 0.387 e. The van der Waals surface area contributed by atoms with E-state index >= 15 is 0 Å². The third kappa shape index (κ3) is 5.59. The van der Waals surface area contributed by atoms with Crippen LogP contribution >= 0.6 is 0 Å². The second-order valence-electron chi connectivity index (χ2n) is 8.57. The summed E-state index contributed by atoms with van der Waals surface area (Å²) < 4.78 is 63.3. The molecule has 190 valence electrons. The van der Waals surface area contributed by atoms with Gasteiger partial charge in [0.05, 0.1) is 17.7 Å². The van der Waals surface area contributed by atoms with Gasteiger partial charge in [-0.2, -0.15) is 8.78 Å². The fraction of sp³-hybridized carbons (Fsp3) is 0.269. The van der Waals surface area contributed by atoms with Crippen LogP contribution in [0.4, 0.5) is 14.5 Å². The van der Waals surface area contributed by atoms with Crippen molar-refractivity contribution in [2.75, 3.05) is 11.0 Å². The van der Waals surface area contributed by atoms with Crippen molar-refractivity contribution in [3.05, 3.63) is 77.4 Å². The molecule has 0 radical (unpaired) electrons. The number of alkyl halides is 2. The normalized spacial score (nSPS) is 15.4. The van der Waals surface area contributed by atoms with E-state index in [0.717, 1.165) is 11.8 Å². The zero-order valence-corrected chi connectivity index (χ0v) is 20.4. The molecule has 4 rings (SSSR count). The first-order valence-corrected chi connectivity index (χ1v) is 13.1. The lowest BCUT2D eigenvalue weighted by molar-refractivity contribution is -0.141. The Morgan fingerprint density at radius 3 is 2.56 bits per heavy atom. The van der Waals surface area contributed by atoms with Gasteiger partial charge in [0, 0.05) is 11.3 Å². The fourth-order valence-electron chi connectivity index (χ4n) is 4.37. The molecule has 10 heteroatoms. The predicted octanol–water partition coefficient (Wildman–Crippen LogP) is 5.46. The first-order valence-electron chi connectivity index (χ1n) is 11.2. The Balaban J connectivity index is 1.83. The molecule has 0 saturated carbocycles. The Bertz CT molecular complexity index is 1390. The molecule has 3 aromatic carbocycles. The molecule has 2 unspecified atom stereocenters. The fourth-order valence-corrected chi connectivity index (χ4v) is 4.92. The van der Waals surface area contributed by atoms with Crippen molar-refractivity contribution < 1.29 is 36.6 Å². The SMILES string of the molecule is CCC(Cc1cccc(C2Oc3cccc(OC(F)F)c3-c3ccc(NS(C)(=O)=O)cc32)c1)C(=O)O. The van der Waals surface area contributed by atoms with E-state index in [1.807, 2.05) is 25.1 Å². The molecule has 1 aliphatic rings. The second-order valence-corrected chi connectivity index (χ2v) is 10.3. The lowest BCUT2D eigenvalue weighted by Gasteiger charge is -2.31. The molecular formula is C26H25F2NO6S. The van der Waals surface area contributed by atoms with E-state index in [4.69, 9.17) is 9.47 Å². The topological polar surface area (TPSA) is 102 Å². The molecule has 0 spiro atoms. The zero-order valence-electron chi connectivity index (χ0n) is 19.6. The number of hydrogen-bond acceptors (Lipinski definition) is 5. The van der Waals surface area contributed by atoms with Crippen LogP contribution in [-0.4, -0.2) is 32.4 Å². The predicted molar refractivity (Wildman–Crippen MR) is 131 cm³/mol. The summed E-state index contributed by atoms with van der Waals surface area (Å²) in [5, 5.41) is 9.46. The molecule has 0 saturated heterocycles. The van der Waals surface area contributed by atoms with Crippen LogP contribution in [0.2, 0.25) is 0 Å². The Kier molecular flexibility index (Phi) is 7.16. The van der Waals surface area contributed by atoms with Crippen molar-refractivity contribution in [1.29, 1.82) is 0 Å². The minimum atomic E-state index is -3.57. The van der Waals surface area contributed by atoms with Crippen LogP contribution in [0.3, 0.4) is 0 Å². The molecule has 1 heterocycles. The first kappa shape index (κ1) is 25.4. The molecule has 0 fully saturated rings. The summed E-state index contributed by atoms with van der Waals surface area (Å²) in [6.07, 6.45) is 1.13. The Hall–Kier alpha value is -3.66. The first-order chi connectivity index (χ1) is 17.1. The van der Waals surface area contributed by atoms with Crippen LogP contribution in [0.25, 0.3) is 11.1 Å². The molecule has 7 nitrogen and oxygen atoms in total. The zero-order chi connectivity index (χ0) is 26.0. The van der Waals surface area contributed by atoms with Gasteiger partial charge in [0.15, 0.2) is 0 Å². The van der Waals surface area contributed by atoms with E-state index in [2.05, 4.69) is 4.72 Å². The summed E-state index contributed by atoms with van der Waals surface area (Å²) in [5.74, 6) is -1.15. The average Bonchev–Trinajstić information content (AvgIpc) is 2.80. The van der Waals surface area contributed by atoms with Crippen molar-refractivity contribution in [2.45, 2.75) is 32.5 Å². The number of rotatable bonds is 9. The molecule has 36 heavy (non-hydrogen) atoms. The monoisotopic (exact) mass is 517 g/mol. The van der Waals surface area contributed by atoms with Gasteiger partial charge in [-0.3, -0.25) is 9.52 Å². The summed E-state index contributed by atoms with van der Waals surface area (Å²) in [6, 6.07) is 16.7. The van der Waals surface area contributed by atoms with Crippen LogP contribution in [0.1, 0.15) is 36.1 Å². The summed E-state index contributed by atoms with van der Waals surface area (Å²) in [6.45, 7) is -1.23. The van der Waals surface area contributed by atoms with Crippen molar-refractivity contribution in [2.24, 2.45) is 5.92 Å². The largest absolute Gasteiger partial charge is 0.481 e. The highest BCUT2D eigenvalue weighted by Crippen LogP contribution is 2.50. The number of aliphatic carboxylic acids is 1. The molecule has 0 amide bonds. The third-order valence-electron chi connectivity index (χ3n) is 5.93. The van der Waals surface area contributed by atoms with E-state index in [1.165, 1.54) is 6.07 Å². The number of carbonyl (C=O) groups is 1. The van der Waals surface area contributed by atoms with E-state index in [1.54, 1.807) is 36.4 Å². The van der Waals surface area contributed by atoms with Crippen molar-refractivity contribution in [3.8, 4) is 22.6 Å². The molecule has 3 aromatic rings. The number of ether oxygens (including phenoxy) is 2. The van der Waals surface area contributed by atoms with Gasteiger partial charge in [-0.05, 0) is 53.8 Å². The maximum atomic E-state index is 13.1. The summed E-state index contributed by atoms with van der Waals surface area (Å²) >= 11 is 0. The van der Waals surface area contributed by atoms with Gasteiger partial charge in [-0.1, -0.05) is 43.3 Å². The Labute approximate surface area is 207 Å². The standard InChI is InChI=1S/C26H25F2NO6S/c1-3-16(25(30)31)12-15-6-4-7-17(13-15)24-20-14-18(29-36(2,32)33)10-11-19(20)23-21(34-24)8-5-9-22(23)35-26(27)28/h4-11,13-14,16,24,26,29H,3,12H2,1-2H3,(H,30,31). The molecular weight excluding hydrogens is 492 g/mol. The number of nitrogens with one attached hydrogen (secondary N) is 1. The number of anilines is 1.